The number of aromatic nitrogens is 2. The highest BCUT2D eigenvalue weighted by Gasteiger charge is 2.09. The van der Waals surface area contributed by atoms with E-state index in [2.05, 4.69) is 35.3 Å². The first kappa shape index (κ1) is 15.7. The van der Waals surface area contributed by atoms with Crippen LogP contribution < -0.4 is 15.4 Å². The summed E-state index contributed by atoms with van der Waals surface area (Å²) in [5, 5.41) is 5.92. The van der Waals surface area contributed by atoms with Crippen molar-refractivity contribution >= 4 is 56.0 Å². The van der Waals surface area contributed by atoms with Crippen molar-refractivity contribution in [3.63, 3.8) is 0 Å². The van der Waals surface area contributed by atoms with Crippen LogP contribution in [-0.2, 0) is 4.79 Å². The summed E-state index contributed by atoms with van der Waals surface area (Å²) in [5.74, 6) is 0.551. The number of amides is 1. The molecule has 0 fully saturated rings. The molecule has 0 aliphatic carbocycles. The molecule has 1 amide bonds. The Bertz CT molecular complexity index is 852. The molecule has 2 aromatic carbocycles. The van der Waals surface area contributed by atoms with Crippen molar-refractivity contribution in [2.45, 2.75) is 0 Å². The lowest BCUT2D eigenvalue weighted by Gasteiger charge is -2.11. The molecule has 6 nitrogen and oxygen atoms in total. The highest BCUT2D eigenvalue weighted by Crippen LogP contribution is 2.27. The van der Waals surface area contributed by atoms with Crippen molar-refractivity contribution in [3.8, 4) is 5.75 Å². The van der Waals surface area contributed by atoms with E-state index in [1.165, 1.54) is 0 Å². The maximum absolute atomic E-state index is 12.2. The number of carbonyl (C=O) groups excluding carboxylic acids is 1. The number of hydrogen-bond donors (Lipinski definition) is 2. The second kappa shape index (κ2) is 6.93. The molecule has 0 saturated heterocycles. The molecule has 0 saturated carbocycles. The van der Waals surface area contributed by atoms with Gasteiger partial charge < -0.3 is 15.4 Å². The number of anilines is 2. The fourth-order valence-corrected chi connectivity index (χ4v) is 2.98. The van der Waals surface area contributed by atoms with Gasteiger partial charge in [-0.15, -0.1) is 0 Å². The van der Waals surface area contributed by atoms with Crippen LogP contribution in [0.3, 0.4) is 0 Å². The third-order valence-corrected chi connectivity index (χ3v) is 4.41. The van der Waals surface area contributed by atoms with Gasteiger partial charge in [0.15, 0.2) is 0 Å². The van der Waals surface area contributed by atoms with E-state index in [1.54, 1.807) is 7.11 Å². The zero-order chi connectivity index (χ0) is 16.2. The average molecular weight is 393 g/mol. The molecule has 0 aliphatic rings. The summed E-state index contributed by atoms with van der Waals surface area (Å²) in [5.41, 5.74) is 2.92. The van der Waals surface area contributed by atoms with Gasteiger partial charge in [0.25, 0.3) is 0 Å². The van der Waals surface area contributed by atoms with Gasteiger partial charge in [-0.3, -0.25) is 4.79 Å². The summed E-state index contributed by atoms with van der Waals surface area (Å²) in [6.07, 6.45) is 0. The second-order valence-electron chi connectivity index (χ2n) is 4.69. The number of rotatable bonds is 5. The molecule has 0 radical (unpaired) electrons. The predicted molar refractivity (Wildman–Crippen MR) is 95.2 cm³/mol. The topological polar surface area (TPSA) is 76.1 Å². The Morgan fingerprint density at radius 1 is 1.26 bits per heavy atom. The quantitative estimate of drug-likeness (QED) is 0.694. The first-order chi connectivity index (χ1) is 11.2. The number of nitrogens with one attached hydrogen (secondary N) is 2. The lowest BCUT2D eigenvalue weighted by molar-refractivity contribution is -0.114. The zero-order valence-corrected chi connectivity index (χ0v) is 14.6. The Labute approximate surface area is 145 Å². The van der Waals surface area contributed by atoms with Crippen LogP contribution in [0.4, 0.5) is 11.4 Å². The lowest BCUT2D eigenvalue weighted by atomic mass is 10.2. The van der Waals surface area contributed by atoms with Crippen molar-refractivity contribution in [1.82, 2.24) is 8.75 Å². The minimum absolute atomic E-state index is 0.125. The van der Waals surface area contributed by atoms with E-state index in [0.29, 0.717) is 11.2 Å². The molecule has 23 heavy (non-hydrogen) atoms. The second-order valence-corrected chi connectivity index (χ2v) is 6.07. The number of ether oxygens (including phenoxy) is 1. The minimum Gasteiger partial charge on any atom is -0.497 e. The van der Waals surface area contributed by atoms with Gasteiger partial charge >= 0.3 is 0 Å². The van der Waals surface area contributed by atoms with E-state index < -0.39 is 0 Å². The van der Waals surface area contributed by atoms with Crippen molar-refractivity contribution in [2.24, 2.45) is 0 Å². The van der Waals surface area contributed by atoms with Gasteiger partial charge in [0.05, 0.1) is 36.8 Å². The third-order valence-electron chi connectivity index (χ3n) is 3.17. The van der Waals surface area contributed by atoms with Gasteiger partial charge in [-0.1, -0.05) is 6.07 Å². The Kier molecular flexibility index (Phi) is 4.73. The summed E-state index contributed by atoms with van der Waals surface area (Å²) < 4.78 is 14.4. The smallest absolute Gasteiger partial charge is 0.243 e. The molecular formula is C15H13BrN4O2S. The molecule has 1 heterocycles. The van der Waals surface area contributed by atoms with Crippen molar-refractivity contribution in [2.75, 3.05) is 24.3 Å². The fraction of sp³-hybridized carbons (Fsp3) is 0.133. The lowest BCUT2D eigenvalue weighted by Crippen LogP contribution is -2.22. The van der Waals surface area contributed by atoms with Gasteiger partial charge in [-0.2, -0.15) is 8.75 Å². The van der Waals surface area contributed by atoms with Crippen LogP contribution in [0.2, 0.25) is 0 Å². The van der Waals surface area contributed by atoms with Crippen LogP contribution in [-0.4, -0.2) is 28.3 Å². The number of fused-ring (bicyclic) bond motifs is 1. The molecule has 0 atom stereocenters. The molecule has 0 spiro atoms. The molecule has 0 bridgehead atoms. The van der Waals surface area contributed by atoms with Crippen molar-refractivity contribution < 1.29 is 9.53 Å². The number of carbonyl (C=O) groups is 1. The molecule has 3 rings (SSSR count). The SMILES string of the molecule is COc1ccc(Br)c(NCC(=O)Nc2cccc3nsnc23)c1. The van der Waals surface area contributed by atoms with Crippen LogP contribution in [0.25, 0.3) is 11.0 Å². The van der Waals surface area contributed by atoms with Crippen LogP contribution in [0.15, 0.2) is 40.9 Å². The number of benzene rings is 2. The number of methoxy groups -OCH3 is 1. The predicted octanol–water partition coefficient (Wildman–Crippen LogP) is 3.51. The maximum Gasteiger partial charge on any atom is 0.243 e. The zero-order valence-electron chi connectivity index (χ0n) is 12.2. The van der Waals surface area contributed by atoms with Crippen LogP contribution in [0, 0.1) is 0 Å². The highest BCUT2D eigenvalue weighted by atomic mass is 79.9. The third kappa shape index (κ3) is 3.59. The van der Waals surface area contributed by atoms with Crippen LogP contribution in [0.5, 0.6) is 5.75 Å². The Balaban J connectivity index is 1.67. The maximum atomic E-state index is 12.2. The Morgan fingerprint density at radius 2 is 2.13 bits per heavy atom. The van der Waals surface area contributed by atoms with E-state index in [4.69, 9.17) is 4.74 Å². The van der Waals surface area contributed by atoms with Gasteiger partial charge in [0.2, 0.25) is 5.91 Å². The standard InChI is InChI=1S/C15H13BrN4O2S/c1-22-9-5-6-10(16)13(7-9)17-8-14(21)18-11-3-2-4-12-15(11)20-23-19-12/h2-7,17H,8H2,1H3,(H,18,21). The molecular weight excluding hydrogens is 380 g/mol. The van der Waals surface area contributed by atoms with E-state index >= 15 is 0 Å². The monoisotopic (exact) mass is 392 g/mol. The van der Waals surface area contributed by atoms with Gasteiger partial charge in [0, 0.05) is 10.5 Å². The van der Waals surface area contributed by atoms with Crippen LogP contribution in [0.1, 0.15) is 0 Å². The first-order valence-electron chi connectivity index (χ1n) is 6.76. The van der Waals surface area contributed by atoms with Gasteiger partial charge in [-0.25, -0.2) is 0 Å². The van der Waals surface area contributed by atoms with E-state index in [9.17, 15) is 4.79 Å². The molecule has 8 heteroatoms. The summed E-state index contributed by atoms with van der Waals surface area (Å²) >= 11 is 4.56. The van der Waals surface area contributed by atoms with Crippen molar-refractivity contribution in [3.05, 3.63) is 40.9 Å². The highest BCUT2D eigenvalue weighted by molar-refractivity contribution is 9.10. The number of nitrogens with zero attached hydrogens (tertiary/aromatic N) is 2. The largest absolute Gasteiger partial charge is 0.497 e. The van der Waals surface area contributed by atoms with Crippen molar-refractivity contribution in [1.29, 1.82) is 0 Å². The molecule has 118 valence electrons. The Hall–Kier alpha value is -2.19. The molecule has 0 aliphatic heterocycles. The molecule has 2 N–H and O–H groups in total. The van der Waals surface area contributed by atoms with Gasteiger partial charge in [0.1, 0.15) is 16.8 Å². The van der Waals surface area contributed by atoms with E-state index in [0.717, 1.165) is 33.2 Å². The average Bonchev–Trinajstić information content (AvgIpc) is 3.04. The number of hydrogen-bond acceptors (Lipinski definition) is 6. The van der Waals surface area contributed by atoms with E-state index in [-0.39, 0.29) is 12.5 Å². The summed E-state index contributed by atoms with van der Waals surface area (Å²) in [4.78, 5) is 12.2. The molecule has 0 unspecified atom stereocenters. The molecule has 1 aromatic heterocycles. The van der Waals surface area contributed by atoms with Crippen LogP contribution >= 0.6 is 27.7 Å². The summed E-state index contributed by atoms with van der Waals surface area (Å²) in [6, 6.07) is 11.0. The Morgan fingerprint density at radius 3 is 2.96 bits per heavy atom. The van der Waals surface area contributed by atoms with Gasteiger partial charge in [-0.05, 0) is 40.2 Å². The van der Waals surface area contributed by atoms with E-state index in [1.807, 2.05) is 36.4 Å². The summed E-state index contributed by atoms with van der Waals surface area (Å²) in [6.45, 7) is 0.125. The minimum atomic E-state index is -0.166. The number of halogens is 1. The normalized spacial score (nSPS) is 10.5. The first-order valence-corrected chi connectivity index (χ1v) is 8.28. The summed E-state index contributed by atoms with van der Waals surface area (Å²) in [7, 11) is 1.60. The molecule has 3 aromatic rings. The fourth-order valence-electron chi connectivity index (χ4n) is 2.04.